The van der Waals surface area contributed by atoms with Crippen LogP contribution >= 0.6 is 11.6 Å². The van der Waals surface area contributed by atoms with Gasteiger partial charge in [0.05, 0.1) is 23.7 Å². The summed E-state index contributed by atoms with van der Waals surface area (Å²) in [5.41, 5.74) is 0.895. The number of carbonyl (C=O) groups is 3. The summed E-state index contributed by atoms with van der Waals surface area (Å²) >= 11 is 5.98. The molecule has 1 heterocycles. The zero-order chi connectivity index (χ0) is 12.6. The second-order valence-corrected chi connectivity index (χ2v) is 4.32. The SMILES string of the molecule is CC(=O)c1ccc(Cl)c(N2CC(=O)CC2=O)c1. The number of halogens is 1. The van der Waals surface area contributed by atoms with E-state index < -0.39 is 0 Å². The first-order valence-corrected chi connectivity index (χ1v) is 5.49. The lowest BCUT2D eigenvalue weighted by atomic mass is 10.1. The fourth-order valence-corrected chi connectivity index (χ4v) is 1.96. The molecule has 17 heavy (non-hydrogen) atoms. The van der Waals surface area contributed by atoms with Crippen molar-refractivity contribution in [2.75, 3.05) is 11.4 Å². The number of nitrogens with zero attached hydrogens (tertiary/aromatic N) is 1. The Kier molecular flexibility index (Phi) is 2.98. The Balaban J connectivity index is 2.44. The minimum atomic E-state index is -0.280. The Hall–Kier alpha value is -1.68. The van der Waals surface area contributed by atoms with Crippen LogP contribution in [0.1, 0.15) is 23.7 Å². The predicted molar refractivity (Wildman–Crippen MR) is 63.4 cm³/mol. The van der Waals surface area contributed by atoms with E-state index >= 15 is 0 Å². The van der Waals surface area contributed by atoms with Gasteiger partial charge in [-0.3, -0.25) is 14.4 Å². The van der Waals surface area contributed by atoms with Crippen LogP contribution in [-0.2, 0) is 9.59 Å². The van der Waals surface area contributed by atoms with Gasteiger partial charge >= 0.3 is 0 Å². The summed E-state index contributed by atoms with van der Waals surface area (Å²) in [5.74, 6) is -0.530. The standard InChI is InChI=1S/C12H10ClNO3/c1-7(15)8-2-3-10(13)11(4-8)14-6-9(16)5-12(14)17/h2-4H,5-6H2,1H3. The van der Waals surface area contributed by atoms with Gasteiger partial charge in [0.15, 0.2) is 11.6 Å². The lowest BCUT2D eigenvalue weighted by molar-refractivity contribution is -0.121. The average molecular weight is 252 g/mol. The maximum Gasteiger partial charge on any atom is 0.234 e. The van der Waals surface area contributed by atoms with Crippen molar-refractivity contribution in [3.63, 3.8) is 0 Å². The quantitative estimate of drug-likeness (QED) is 0.595. The van der Waals surface area contributed by atoms with Gasteiger partial charge in [0.2, 0.25) is 5.91 Å². The van der Waals surface area contributed by atoms with E-state index in [1.54, 1.807) is 18.2 Å². The third kappa shape index (κ3) is 2.22. The highest BCUT2D eigenvalue weighted by Crippen LogP contribution is 2.29. The van der Waals surface area contributed by atoms with Crippen molar-refractivity contribution in [2.45, 2.75) is 13.3 Å². The molecule has 0 saturated carbocycles. The number of Topliss-reactive ketones (excluding diaryl/α,β-unsaturated/α-hetero) is 2. The molecule has 1 aromatic carbocycles. The molecular formula is C12H10ClNO3. The van der Waals surface area contributed by atoms with Crippen LogP contribution in [0.15, 0.2) is 18.2 Å². The number of hydrogen-bond acceptors (Lipinski definition) is 3. The summed E-state index contributed by atoms with van der Waals surface area (Å²) in [6.45, 7) is 1.46. The van der Waals surface area contributed by atoms with Gasteiger partial charge in [0.25, 0.3) is 0 Å². The maximum atomic E-state index is 11.6. The zero-order valence-electron chi connectivity index (χ0n) is 9.20. The van der Waals surface area contributed by atoms with Crippen molar-refractivity contribution in [3.05, 3.63) is 28.8 Å². The molecule has 1 fully saturated rings. The van der Waals surface area contributed by atoms with Crippen molar-refractivity contribution in [2.24, 2.45) is 0 Å². The molecule has 88 valence electrons. The number of benzene rings is 1. The van der Waals surface area contributed by atoms with Crippen molar-refractivity contribution in [1.82, 2.24) is 0 Å². The highest BCUT2D eigenvalue weighted by atomic mass is 35.5. The van der Waals surface area contributed by atoms with Crippen molar-refractivity contribution in [3.8, 4) is 0 Å². The highest BCUT2D eigenvalue weighted by Gasteiger charge is 2.30. The van der Waals surface area contributed by atoms with Crippen molar-refractivity contribution in [1.29, 1.82) is 0 Å². The van der Waals surface area contributed by atoms with E-state index in [1.165, 1.54) is 11.8 Å². The predicted octanol–water partition coefficient (Wildman–Crippen LogP) is 1.85. The van der Waals surface area contributed by atoms with Crippen LogP contribution in [0.5, 0.6) is 0 Å². The van der Waals surface area contributed by atoms with Gasteiger partial charge in [-0.15, -0.1) is 0 Å². The molecule has 2 rings (SSSR count). The Labute approximate surface area is 103 Å². The van der Waals surface area contributed by atoms with Gasteiger partial charge in [0, 0.05) is 5.56 Å². The van der Waals surface area contributed by atoms with Crippen molar-refractivity contribution < 1.29 is 14.4 Å². The van der Waals surface area contributed by atoms with Gasteiger partial charge < -0.3 is 4.90 Å². The van der Waals surface area contributed by atoms with E-state index in [0.717, 1.165) is 0 Å². The molecule has 0 atom stereocenters. The lowest BCUT2D eigenvalue weighted by Crippen LogP contribution is -2.25. The van der Waals surface area contributed by atoms with Crippen LogP contribution in [0.4, 0.5) is 5.69 Å². The Morgan fingerprint density at radius 3 is 2.59 bits per heavy atom. The van der Waals surface area contributed by atoms with Gasteiger partial charge in [-0.1, -0.05) is 11.6 Å². The summed E-state index contributed by atoms with van der Waals surface area (Å²) in [7, 11) is 0. The molecule has 4 nitrogen and oxygen atoms in total. The van der Waals surface area contributed by atoms with Gasteiger partial charge in [-0.05, 0) is 25.1 Å². The number of rotatable bonds is 2. The molecule has 0 spiro atoms. The number of hydrogen-bond donors (Lipinski definition) is 0. The normalized spacial score (nSPS) is 15.5. The fourth-order valence-electron chi connectivity index (χ4n) is 1.74. The van der Waals surface area contributed by atoms with Crippen LogP contribution < -0.4 is 4.90 Å². The fraction of sp³-hybridized carbons (Fsp3) is 0.250. The minimum absolute atomic E-state index is 0.0277. The van der Waals surface area contributed by atoms with Crippen LogP contribution in [0.25, 0.3) is 0 Å². The number of anilines is 1. The molecule has 1 saturated heterocycles. The lowest BCUT2D eigenvalue weighted by Gasteiger charge is -2.16. The number of amides is 1. The largest absolute Gasteiger partial charge is 0.303 e. The summed E-state index contributed by atoms with van der Waals surface area (Å²) in [5, 5.41) is 0.359. The van der Waals surface area contributed by atoms with E-state index in [0.29, 0.717) is 16.3 Å². The van der Waals surface area contributed by atoms with Crippen LogP contribution in [0.3, 0.4) is 0 Å². The first-order valence-electron chi connectivity index (χ1n) is 5.11. The maximum absolute atomic E-state index is 11.6. The van der Waals surface area contributed by atoms with E-state index in [-0.39, 0.29) is 30.4 Å². The molecule has 0 radical (unpaired) electrons. The first kappa shape index (κ1) is 11.8. The summed E-state index contributed by atoms with van der Waals surface area (Å²) in [6, 6.07) is 4.70. The topological polar surface area (TPSA) is 54.5 Å². The van der Waals surface area contributed by atoms with Crippen LogP contribution in [0, 0.1) is 0 Å². The first-order chi connectivity index (χ1) is 7.99. The number of ketones is 2. The third-order valence-corrected chi connectivity index (χ3v) is 2.95. The van der Waals surface area contributed by atoms with E-state index in [9.17, 15) is 14.4 Å². The molecule has 0 aromatic heterocycles. The molecule has 0 aliphatic carbocycles. The third-order valence-electron chi connectivity index (χ3n) is 2.63. The Morgan fingerprint density at radius 2 is 2.06 bits per heavy atom. The molecule has 0 bridgehead atoms. The smallest absolute Gasteiger partial charge is 0.234 e. The average Bonchev–Trinajstić information content (AvgIpc) is 2.58. The summed E-state index contributed by atoms with van der Waals surface area (Å²) in [6.07, 6.45) is -0.0966. The van der Waals surface area contributed by atoms with E-state index in [2.05, 4.69) is 0 Å². The van der Waals surface area contributed by atoms with E-state index in [4.69, 9.17) is 11.6 Å². The summed E-state index contributed by atoms with van der Waals surface area (Å²) < 4.78 is 0. The Morgan fingerprint density at radius 1 is 1.35 bits per heavy atom. The molecule has 5 heteroatoms. The second kappa shape index (κ2) is 4.30. The van der Waals surface area contributed by atoms with Crippen LogP contribution in [0.2, 0.25) is 5.02 Å². The van der Waals surface area contributed by atoms with Crippen LogP contribution in [-0.4, -0.2) is 24.0 Å². The Bertz CT molecular complexity index is 524. The zero-order valence-corrected chi connectivity index (χ0v) is 9.95. The monoisotopic (exact) mass is 251 g/mol. The second-order valence-electron chi connectivity index (χ2n) is 3.92. The van der Waals surface area contributed by atoms with Gasteiger partial charge in [-0.2, -0.15) is 0 Å². The van der Waals surface area contributed by atoms with Gasteiger partial charge in [-0.25, -0.2) is 0 Å². The minimum Gasteiger partial charge on any atom is -0.303 e. The molecule has 1 aromatic rings. The van der Waals surface area contributed by atoms with E-state index in [1.807, 2.05) is 0 Å². The highest BCUT2D eigenvalue weighted by molar-refractivity contribution is 6.34. The summed E-state index contributed by atoms with van der Waals surface area (Å²) in [4.78, 5) is 35.3. The van der Waals surface area contributed by atoms with Crippen molar-refractivity contribution >= 4 is 34.8 Å². The number of carbonyl (C=O) groups excluding carboxylic acids is 3. The molecule has 1 aliphatic rings. The molecular weight excluding hydrogens is 242 g/mol. The molecule has 0 N–H and O–H groups in total. The molecule has 0 unspecified atom stereocenters. The molecule has 1 aliphatic heterocycles. The van der Waals surface area contributed by atoms with Gasteiger partial charge in [0.1, 0.15) is 0 Å². The molecule has 1 amide bonds.